The first-order chi connectivity index (χ1) is 12.1. The molecule has 2 aromatic rings. The van der Waals surface area contributed by atoms with E-state index in [9.17, 15) is 13.7 Å². The molecule has 0 radical (unpaired) electrons. The third-order valence-electron chi connectivity index (χ3n) is 4.95. The van der Waals surface area contributed by atoms with Crippen LogP contribution in [-0.2, 0) is 10.0 Å². The molecule has 0 spiro atoms. The van der Waals surface area contributed by atoms with Gasteiger partial charge in [-0.05, 0) is 28.8 Å². The van der Waals surface area contributed by atoms with Crippen LogP contribution >= 0.6 is 0 Å². The van der Waals surface area contributed by atoms with Crippen LogP contribution in [0.4, 0.5) is 0 Å². The standard InChI is InChI=1S/C20H16N2O2S/c1-22-20-17(16-9-5-6-10-18(16)25(22,23)24)12-11-15(13-21)19(20)14-7-3-2-4-8-14/h2-12,19-20H,1H3/t19-,20-/m1/s1. The van der Waals surface area contributed by atoms with Gasteiger partial charge in [-0.2, -0.15) is 9.57 Å². The average molecular weight is 348 g/mol. The summed E-state index contributed by atoms with van der Waals surface area (Å²) in [4.78, 5) is 0.320. The Labute approximate surface area is 147 Å². The second kappa shape index (κ2) is 5.69. The summed E-state index contributed by atoms with van der Waals surface area (Å²) in [5.74, 6) is -0.320. The summed E-state index contributed by atoms with van der Waals surface area (Å²) in [6.45, 7) is 0. The summed E-state index contributed by atoms with van der Waals surface area (Å²) in [6.07, 6.45) is 3.69. The van der Waals surface area contributed by atoms with Gasteiger partial charge in [0.2, 0.25) is 10.0 Å². The van der Waals surface area contributed by atoms with Crippen molar-refractivity contribution in [2.75, 3.05) is 7.05 Å². The molecule has 5 heteroatoms. The lowest BCUT2D eigenvalue weighted by Gasteiger charge is -2.41. The molecule has 4 rings (SSSR count). The minimum Gasteiger partial charge on any atom is -0.207 e. The molecule has 124 valence electrons. The maximum absolute atomic E-state index is 13.0. The molecule has 0 unspecified atom stereocenters. The van der Waals surface area contributed by atoms with Crippen LogP contribution in [0.1, 0.15) is 17.0 Å². The predicted octanol–water partition coefficient (Wildman–Crippen LogP) is 3.32. The number of nitriles is 1. The number of hydrogen-bond donors (Lipinski definition) is 0. The van der Waals surface area contributed by atoms with E-state index in [2.05, 4.69) is 6.07 Å². The Morgan fingerprint density at radius 1 is 1.00 bits per heavy atom. The molecule has 0 N–H and O–H groups in total. The van der Waals surface area contributed by atoms with E-state index >= 15 is 0 Å². The SMILES string of the molecule is CN1[C@@H]2C(=CC=C(C#N)[C@H]2c2ccccc2)c2ccccc2S1(=O)=O. The fourth-order valence-electron chi connectivity index (χ4n) is 3.75. The monoisotopic (exact) mass is 348 g/mol. The highest BCUT2D eigenvalue weighted by Gasteiger charge is 2.45. The van der Waals surface area contributed by atoms with Crippen molar-refractivity contribution in [1.82, 2.24) is 4.31 Å². The third kappa shape index (κ3) is 2.26. The Bertz CT molecular complexity index is 1050. The summed E-state index contributed by atoms with van der Waals surface area (Å²) in [6, 6.07) is 18.5. The zero-order chi connectivity index (χ0) is 17.6. The number of benzene rings is 2. The molecule has 0 amide bonds. The van der Waals surface area contributed by atoms with Crippen molar-refractivity contribution in [2.24, 2.45) is 0 Å². The van der Waals surface area contributed by atoms with Crippen LogP contribution in [0.5, 0.6) is 0 Å². The van der Waals surface area contributed by atoms with Crippen LogP contribution in [0, 0.1) is 11.3 Å². The molecule has 1 aliphatic carbocycles. The van der Waals surface area contributed by atoms with Crippen LogP contribution < -0.4 is 0 Å². The van der Waals surface area contributed by atoms with E-state index in [1.54, 1.807) is 19.2 Å². The lowest BCUT2D eigenvalue weighted by molar-refractivity contribution is 0.390. The first-order valence-electron chi connectivity index (χ1n) is 8.00. The molecular weight excluding hydrogens is 332 g/mol. The number of allylic oxidation sites excluding steroid dienone is 2. The van der Waals surface area contributed by atoms with E-state index in [4.69, 9.17) is 0 Å². The Balaban J connectivity index is 2.00. The van der Waals surface area contributed by atoms with Crippen molar-refractivity contribution < 1.29 is 8.42 Å². The summed E-state index contributed by atoms with van der Waals surface area (Å²) in [7, 11) is -2.01. The Morgan fingerprint density at radius 3 is 2.40 bits per heavy atom. The van der Waals surface area contributed by atoms with E-state index in [-0.39, 0.29) is 5.92 Å². The molecule has 25 heavy (non-hydrogen) atoms. The highest BCUT2D eigenvalue weighted by atomic mass is 32.2. The molecule has 0 aromatic heterocycles. The minimum absolute atomic E-state index is 0.320. The van der Waals surface area contributed by atoms with E-state index in [0.29, 0.717) is 10.5 Å². The van der Waals surface area contributed by atoms with Gasteiger partial charge >= 0.3 is 0 Å². The van der Waals surface area contributed by atoms with Gasteiger partial charge in [-0.25, -0.2) is 8.42 Å². The molecule has 4 nitrogen and oxygen atoms in total. The van der Waals surface area contributed by atoms with Crippen molar-refractivity contribution >= 4 is 15.6 Å². The van der Waals surface area contributed by atoms with Gasteiger partial charge in [0, 0.05) is 18.5 Å². The molecule has 0 saturated carbocycles. The number of nitrogens with zero attached hydrogens (tertiary/aromatic N) is 2. The zero-order valence-corrected chi connectivity index (χ0v) is 14.4. The topological polar surface area (TPSA) is 61.2 Å². The van der Waals surface area contributed by atoms with Gasteiger partial charge in [0.15, 0.2) is 0 Å². The zero-order valence-electron chi connectivity index (χ0n) is 13.6. The van der Waals surface area contributed by atoms with Crippen molar-refractivity contribution in [2.45, 2.75) is 16.9 Å². The average Bonchev–Trinajstić information content (AvgIpc) is 2.66. The molecule has 2 aliphatic rings. The van der Waals surface area contributed by atoms with Crippen LogP contribution in [0.25, 0.3) is 5.57 Å². The maximum Gasteiger partial charge on any atom is 0.244 e. The van der Waals surface area contributed by atoms with Gasteiger partial charge in [0.1, 0.15) is 0 Å². The summed E-state index contributed by atoms with van der Waals surface area (Å²) in [5.41, 5.74) is 3.16. The number of sulfonamides is 1. The molecule has 1 aliphatic heterocycles. The molecule has 2 aromatic carbocycles. The van der Waals surface area contributed by atoms with Gasteiger partial charge in [-0.15, -0.1) is 0 Å². The Hall–Kier alpha value is -2.68. The fraction of sp³-hybridized carbons (Fsp3) is 0.150. The highest BCUT2D eigenvalue weighted by molar-refractivity contribution is 7.89. The first kappa shape index (κ1) is 15.8. The van der Waals surface area contributed by atoms with Crippen LogP contribution in [0.15, 0.2) is 77.2 Å². The van der Waals surface area contributed by atoms with Crippen molar-refractivity contribution in [3.05, 3.63) is 83.4 Å². The van der Waals surface area contributed by atoms with E-state index in [1.165, 1.54) is 4.31 Å². The van der Waals surface area contributed by atoms with Crippen molar-refractivity contribution in [1.29, 1.82) is 5.26 Å². The number of rotatable bonds is 1. The molecule has 0 bridgehead atoms. The quantitative estimate of drug-likeness (QED) is 0.794. The normalized spacial score (nSPS) is 24.3. The lowest BCUT2D eigenvalue weighted by atomic mass is 9.76. The van der Waals surface area contributed by atoms with E-state index < -0.39 is 16.1 Å². The second-order valence-electron chi connectivity index (χ2n) is 6.21. The Morgan fingerprint density at radius 2 is 1.68 bits per heavy atom. The highest BCUT2D eigenvalue weighted by Crippen LogP contribution is 2.46. The fourth-order valence-corrected chi connectivity index (χ4v) is 5.31. The summed E-state index contributed by atoms with van der Waals surface area (Å²) in [5, 5.41) is 9.61. The summed E-state index contributed by atoms with van der Waals surface area (Å²) < 4.78 is 27.5. The van der Waals surface area contributed by atoms with Gasteiger partial charge < -0.3 is 0 Å². The summed E-state index contributed by atoms with van der Waals surface area (Å²) >= 11 is 0. The predicted molar refractivity (Wildman–Crippen MR) is 96.0 cm³/mol. The lowest BCUT2D eigenvalue weighted by Crippen LogP contribution is -2.46. The van der Waals surface area contributed by atoms with Gasteiger partial charge in [0.25, 0.3) is 0 Å². The maximum atomic E-state index is 13.0. The first-order valence-corrected chi connectivity index (χ1v) is 9.44. The number of likely N-dealkylation sites (N-methyl/N-ethyl adjacent to an activating group) is 1. The second-order valence-corrected chi connectivity index (χ2v) is 8.17. The van der Waals surface area contributed by atoms with Gasteiger partial charge in [-0.1, -0.05) is 54.6 Å². The third-order valence-corrected chi connectivity index (χ3v) is 6.84. The van der Waals surface area contributed by atoms with Crippen LogP contribution in [-0.4, -0.2) is 25.8 Å². The number of hydrogen-bond acceptors (Lipinski definition) is 3. The number of fused-ring (bicyclic) bond motifs is 3. The van der Waals surface area contributed by atoms with E-state index in [0.717, 1.165) is 16.7 Å². The molecular formula is C20H16N2O2S. The largest absolute Gasteiger partial charge is 0.244 e. The molecule has 0 saturated heterocycles. The van der Waals surface area contributed by atoms with E-state index in [1.807, 2.05) is 54.6 Å². The van der Waals surface area contributed by atoms with Crippen molar-refractivity contribution in [3.8, 4) is 6.07 Å². The Kier molecular flexibility index (Phi) is 3.60. The van der Waals surface area contributed by atoms with Crippen LogP contribution in [0.3, 0.4) is 0 Å². The minimum atomic E-state index is -3.61. The van der Waals surface area contributed by atoms with Crippen molar-refractivity contribution in [3.63, 3.8) is 0 Å². The smallest absolute Gasteiger partial charge is 0.207 e. The molecule has 0 fully saturated rings. The van der Waals surface area contributed by atoms with Gasteiger partial charge in [-0.3, -0.25) is 0 Å². The van der Waals surface area contributed by atoms with Crippen LogP contribution in [0.2, 0.25) is 0 Å². The molecule has 2 atom stereocenters. The molecule has 1 heterocycles. The van der Waals surface area contributed by atoms with Gasteiger partial charge in [0.05, 0.1) is 17.0 Å².